The van der Waals surface area contributed by atoms with Crippen LogP contribution in [0.5, 0.6) is 0 Å². The fourth-order valence-corrected chi connectivity index (χ4v) is 2.55. The number of hydrogen-bond donors (Lipinski definition) is 1. The maximum Gasteiger partial charge on any atom is 0.340 e. The zero-order chi connectivity index (χ0) is 17.9. The SMILES string of the molecule is CCn1c(C)cc(C(=O)O[C@@H](C)C(=O)Nc2ccc(F)cc2)c1C. The van der Waals surface area contributed by atoms with Crippen molar-refractivity contribution in [3.63, 3.8) is 0 Å². The number of ether oxygens (including phenoxy) is 1. The fraction of sp³-hybridized carbons (Fsp3) is 0.333. The molecule has 0 aliphatic rings. The summed E-state index contributed by atoms with van der Waals surface area (Å²) >= 11 is 0. The Morgan fingerprint density at radius 1 is 1.25 bits per heavy atom. The number of halogens is 1. The molecule has 2 aromatic rings. The van der Waals surface area contributed by atoms with Gasteiger partial charge in [0.25, 0.3) is 5.91 Å². The average molecular weight is 332 g/mol. The van der Waals surface area contributed by atoms with Crippen molar-refractivity contribution in [3.8, 4) is 0 Å². The summed E-state index contributed by atoms with van der Waals surface area (Å²) in [5.74, 6) is -1.40. The Hall–Kier alpha value is -2.63. The van der Waals surface area contributed by atoms with Gasteiger partial charge < -0.3 is 14.6 Å². The molecule has 0 radical (unpaired) electrons. The highest BCUT2D eigenvalue weighted by Gasteiger charge is 2.22. The molecule has 6 heteroatoms. The maximum atomic E-state index is 12.9. The first-order valence-electron chi connectivity index (χ1n) is 7.77. The molecule has 0 saturated carbocycles. The summed E-state index contributed by atoms with van der Waals surface area (Å²) in [6, 6.07) is 7.12. The van der Waals surface area contributed by atoms with Crippen molar-refractivity contribution >= 4 is 17.6 Å². The van der Waals surface area contributed by atoms with Crippen molar-refractivity contribution in [2.24, 2.45) is 0 Å². The molecule has 24 heavy (non-hydrogen) atoms. The van der Waals surface area contributed by atoms with E-state index in [0.717, 1.165) is 17.9 Å². The molecule has 0 unspecified atom stereocenters. The summed E-state index contributed by atoms with van der Waals surface area (Å²) in [6.45, 7) is 8.00. The normalized spacial score (nSPS) is 11.9. The van der Waals surface area contributed by atoms with E-state index in [1.165, 1.54) is 31.2 Å². The van der Waals surface area contributed by atoms with E-state index in [1.807, 2.05) is 25.3 Å². The molecule has 1 aromatic carbocycles. The Bertz CT molecular complexity index is 750. The van der Waals surface area contributed by atoms with Gasteiger partial charge >= 0.3 is 5.97 Å². The average Bonchev–Trinajstić information content (AvgIpc) is 2.83. The van der Waals surface area contributed by atoms with Gasteiger partial charge in [0, 0.05) is 23.6 Å². The van der Waals surface area contributed by atoms with Crippen molar-refractivity contribution in [1.82, 2.24) is 4.57 Å². The highest BCUT2D eigenvalue weighted by atomic mass is 19.1. The summed E-state index contributed by atoms with van der Waals surface area (Å²) in [4.78, 5) is 24.4. The third-order valence-electron chi connectivity index (χ3n) is 3.87. The number of amides is 1. The number of nitrogens with zero attached hydrogens (tertiary/aromatic N) is 1. The Morgan fingerprint density at radius 2 is 1.88 bits per heavy atom. The van der Waals surface area contributed by atoms with E-state index in [1.54, 1.807) is 6.07 Å². The molecule has 128 valence electrons. The lowest BCUT2D eigenvalue weighted by Gasteiger charge is -2.13. The van der Waals surface area contributed by atoms with E-state index in [4.69, 9.17) is 4.74 Å². The predicted octanol–water partition coefficient (Wildman–Crippen LogP) is 3.45. The van der Waals surface area contributed by atoms with E-state index in [9.17, 15) is 14.0 Å². The quantitative estimate of drug-likeness (QED) is 0.853. The lowest BCUT2D eigenvalue weighted by atomic mass is 10.2. The monoisotopic (exact) mass is 332 g/mol. The third-order valence-corrected chi connectivity index (χ3v) is 3.87. The third kappa shape index (κ3) is 3.82. The predicted molar refractivity (Wildman–Crippen MR) is 89.5 cm³/mol. The van der Waals surface area contributed by atoms with Crippen LogP contribution in [0.4, 0.5) is 10.1 Å². The largest absolute Gasteiger partial charge is 0.449 e. The second kappa shape index (κ2) is 7.29. The molecular weight excluding hydrogens is 311 g/mol. The van der Waals surface area contributed by atoms with Crippen molar-refractivity contribution in [1.29, 1.82) is 0 Å². The van der Waals surface area contributed by atoms with Crippen LogP contribution in [-0.2, 0) is 16.1 Å². The molecule has 0 aliphatic carbocycles. The molecule has 0 fully saturated rings. The van der Waals surface area contributed by atoms with Crippen molar-refractivity contribution < 1.29 is 18.7 Å². The second-order valence-corrected chi connectivity index (χ2v) is 5.57. The first kappa shape index (κ1) is 17.7. The van der Waals surface area contributed by atoms with Gasteiger partial charge in [-0.25, -0.2) is 9.18 Å². The summed E-state index contributed by atoms with van der Waals surface area (Å²) < 4.78 is 20.1. The summed E-state index contributed by atoms with van der Waals surface area (Å²) in [5.41, 5.74) is 2.67. The molecular formula is C18H21FN2O3. The molecule has 1 heterocycles. The van der Waals surface area contributed by atoms with Gasteiger partial charge in [0.2, 0.25) is 0 Å². The molecule has 1 N–H and O–H groups in total. The minimum absolute atomic E-state index is 0.390. The molecule has 5 nitrogen and oxygen atoms in total. The zero-order valence-corrected chi connectivity index (χ0v) is 14.2. The Morgan fingerprint density at radius 3 is 2.42 bits per heavy atom. The van der Waals surface area contributed by atoms with Gasteiger partial charge in [-0.05, 0) is 58.0 Å². The molecule has 1 aromatic heterocycles. The number of anilines is 1. The molecule has 1 atom stereocenters. The Balaban J connectivity index is 2.03. The number of hydrogen-bond acceptors (Lipinski definition) is 3. The van der Waals surface area contributed by atoms with Gasteiger partial charge in [0.15, 0.2) is 6.10 Å². The van der Waals surface area contributed by atoms with Crippen molar-refractivity contribution in [3.05, 3.63) is 53.1 Å². The lowest BCUT2D eigenvalue weighted by molar-refractivity contribution is -0.123. The van der Waals surface area contributed by atoms with Crippen molar-refractivity contribution in [2.45, 2.75) is 40.3 Å². The molecule has 0 aliphatic heterocycles. The van der Waals surface area contributed by atoms with Crippen molar-refractivity contribution in [2.75, 3.05) is 5.32 Å². The number of rotatable bonds is 5. The van der Waals surface area contributed by atoms with Gasteiger partial charge in [-0.15, -0.1) is 0 Å². The summed E-state index contributed by atoms with van der Waals surface area (Å²) in [5, 5.41) is 2.58. The van der Waals surface area contributed by atoms with Gasteiger partial charge in [0.1, 0.15) is 5.82 Å². The molecule has 0 saturated heterocycles. The molecule has 0 bridgehead atoms. The smallest absolute Gasteiger partial charge is 0.340 e. The van der Waals surface area contributed by atoms with Crippen LogP contribution in [0.1, 0.15) is 35.6 Å². The highest BCUT2D eigenvalue weighted by molar-refractivity contribution is 5.97. The number of carbonyl (C=O) groups excluding carboxylic acids is 2. The van der Waals surface area contributed by atoms with Crippen LogP contribution < -0.4 is 5.32 Å². The number of aromatic nitrogens is 1. The first-order valence-corrected chi connectivity index (χ1v) is 7.77. The van der Waals surface area contributed by atoms with E-state index in [-0.39, 0.29) is 0 Å². The fourth-order valence-electron chi connectivity index (χ4n) is 2.55. The van der Waals surface area contributed by atoms with Crippen LogP contribution in [0.2, 0.25) is 0 Å². The van der Waals surface area contributed by atoms with E-state index >= 15 is 0 Å². The first-order chi connectivity index (χ1) is 11.3. The zero-order valence-electron chi connectivity index (χ0n) is 14.2. The number of benzene rings is 1. The van der Waals surface area contributed by atoms with Crippen LogP contribution >= 0.6 is 0 Å². The number of aryl methyl sites for hydroxylation is 1. The standard InChI is InChI=1S/C18H21FN2O3/c1-5-21-11(2)10-16(12(21)3)18(23)24-13(4)17(22)20-15-8-6-14(19)7-9-15/h6-10,13H,5H2,1-4H3,(H,20,22)/t13-/m0/s1. The minimum atomic E-state index is -0.966. The summed E-state index contributed by atoms with van der Waals surface area (Å²) in [6.07, 6.45) is -0.966. The minimum Gasteiger partial charge on any atom is -0.449 e. The number of carbonyl (C=O) groups is 2. The number of esters is 1. The van der Waals surface area contributed by atoms with E-state index in [0.29, 0.717) is 11.3 Å². The maximum absolute atomic E-state index is 12.9. The Labute approximate surface area is 140 Å². The van der Waals surface area contributed by atoms with Gasteiger partial charge in [-0.1, -0.05) is 0 Å². The van der Waals surface area contributed by atoms with Crippen LogP contribution in [0.3, 0.4) is 0 Å². The van der Waals surface area contributed by atoms with Gasteiger partial charge in [-0.3, -0.25) is 4.79 Å². The number of nitrogens with one attached hydrogen (secondary N) is 1. The highest BCUT2D eigenvalue weighted by Crippen LogP contribution is 2.17. The summed E-state index contributed by atoms with van der Waals surface area (Å²) in [7, 11) is 0. The van der Waals surface area contributed by atoms with Gasteiger partial charge in [-0.2, -0.15) is 0 Å². The Kier molecular flexibility index (Phi) is 5.39. The lowest BCUT2D eigenvalue weighted by Crippen LogP contribution is -2.30. The second-order valence-electron chi connectivity index (χ2n) is 5.57. The van der Waals surface area contributed by atoms with Crippen LogP contribution in [0, 0.1) is 19.7 Å². The van der Waals surface area contributed by atoms with Crippen LogP contribution in [-0.4, -0.2) is 22.5 Å². The molecule has 1 amide bonds. The van der Waals surface area contributed by atoms with Gasteiger partial charge in [0.05, 0.1) is 5.56 Å². The van der Waals surface area contributed by atoms with E-state index in [2.05, 4.69) is 5.32 Å². The molecule has 0 spiro atoms. The van der Waals surface area contributed by atoms with E-state index < -0.39 is 23.8 Å². The molecule has 2 rings (SSSR count). The van der Waals surface area contributed by atoms with Crippen LogP contribution in [0.15, 0.2) is 30.3 Å². The van der Waals surface area contributed by atoms with Crippen LogP contribution in [0.25, 0.3) is 0 Å². The topological polar surface area (TPSA) is 60.3 Å².